The van der Waals surface area contributed by atoms with E-state index < -0.39 is 5.60 Å². The Morgan fingerprint density at radius 3 is 2.50 bits per heavy atom. The molecule has 4 aliphatic carbocycles. The number of hydrogen-bond donors (Lipinski definition) is 2. The Balaban J connectivity index is 1.41. The van der Waals surface area contributed by atoms with Gasteiger partial charge in [0.15, 0.2) is 0 Å². The average Bonchev–Trinajstić information content (AvgIpc) is 3.26. The Morgan fingerprint density at radius 2 is 1.93 bits per heavy atom. The van der Waals surface area contributed by atoms with Crippen LogP contribution in [0.5, 0.6) is 0 Å². The molecule has 2 heterocycles. The summed E-state index contributed by atoms with van der Waals surface area (Å²) in [6.45, 7) is 4.01. The fourth-order valence-corrected chi connectivity index (χ4v) is 7.39. The molecule has 160 valence electrons. The van der Waals surface area contributed by atoms with Crippen molar-refractivity contribution in [2.24, 2.45) is 24.8 Å². The fourth-order valence-electron chi connectivity index (χ4n) is 6.57. The molecule has 0 radical (unpaired) electrons. The van der Waals surface area contributed by atoms with Crippen LogP contribution in [0.4, 0.5) is 0 Å². The summed E-state index contributed by atoms with van der Waals surface area (Å²) in [7, 11) is 1.82. The third kappa shape index (κ3) is 3.16. The van der Waals surface area contributed by atoms with Crippen molar-refractivity contribution in [3.8, 4) is 0 Å². The van der Waals surface area contributed by atoms with Crippen LogP contribution in [-0.4, -0.2) is 33.0 Å². The van der Waals surface area contributed by atoms with Crippen LogP contribution in [0.3, 0.4) is 0 Å². The van der Waals surface area contributed by atoms with E-state index in [-0.39, 0.29) is 17.7 Å². The van der Waals surface area contributed by atoms with Gasteiger partial charge in [0.25, 0.3) is 5.91 Å². The van der Waals surface area contributed by atoms with Crippen molar-refractivity contribution in [2.45, 2.75) is 64.0 Å². The van der Waals surface area contributed by atoms with Crippen LogP contribution >= 0.6 is 11.3 Å². The molecule has 30 heavy (non-hydrogen) atoms. The lowest BCUT2D eigenvalue weighted by atomic mass is 9.52. The van der Waals surface area contributed by atoms with Gasteiger partial charge in [0.1, 0.15) is 5.69 Å². The number of aryl methyl sites for hydroxylation is 2. The second kappa shape index (κ2) is 7.06. The number of aliphatic hydroxyl groups is 1. The van der Waals surface area contributed by atoms with Gasteiger partial charge in [0, 0.05) is 18.0 Å². The largest absolute Gasteiger partial charge is 0.390 e. The summed E-state index contributed by atoms with van der Waals surface area (Å²) in [6, 6.07) is 5.83. The first-order valence-corrected chi connectivity index (χ1v) is 11.9. The lowest BCUT2D eigenvalue weighted by Gasteiger charge is -2.58. The standard InChI is InChI=1S/C24H30N2O3S/c1-4-15-9-18(22(27)19-6-5-13(2)30-19)26(3)21(15)23(28)25-20-16-7-14-8-17(20)12-24(29,10-14)11-16/h5-6,9,14,16-17,20,29H,4,7-8,10-12H2,1-3H3,(H,25,28). The molecule has 4 aliphatic rings. The maximum absolute atomic E-state index is 13.4. The summed E-state index contributed by atoms with van der Waals surface area (Å²) in [5.74, 6) is 1.23. The first-order chi connectivity index (χ1) is 14.3. The molecule has 4 saturated carbocycles. The number of nitrogens with one attached hydrogen (secondary N) is 1. The molecular weight excluding hydrogens is 396 g/mol. The third-order valence-electron chi connectivity index (χ3n) is 7.64. The number of amides is 1. The van der Waals surface area contributed by atoms with Gasteiger partial charge < -0.3 is 15.0 Å². The molecule has 0 aliphatic heterocycles. The van der Waals surface area contributed by atoms with Crippen LogP contribution in [-0.2, 0) is 13.5 Å². The molecule has 0 saturated heterocycles. The SMILES string of the molecule is CCc1cc(C(=O)c2ccc(C)s2)n(C)c1C(=O)NC1C2CC3CC1CC(O)(C3)C2. The molecule has 2 atom stereocenters. The molecule has 6 rings (SSSR count). The first kappa shape index (κ1) is 20.0. The van der Waals surface area contributed by atoms with Crippen LogP contribution in [0.25, 0.3) is 0 Å². The second-order valence-corrected chi connectivity index (χ2v) is 11.0. The van der Waals surface area contributed by atoms with Gasteiger partial charge in [0.2, 0.25) is 5.78 Å². The molecule has 1 amide bonds. The molecule has 0 aromatic carbocycles. The van der Waals surface area contributed by atoms with E-state index in [0.717, 1.165) is 42.5 Å². The first-order valence-electron chi connectivity index (χ1n) is 11.1. The van der Waals surface area contributed by atoms with Gasteiger partial charge >= 0.3 is 0 Å². The zero-order chi connectivity index (χ0) is 21.2. The van der Waals surface area contributed by atoms with Gasteiger partial charge in [-0.05, 0) is 87.0 Å². The van der Waals surface area contributed by atoms with E-state index in [9.17, 15) is 14.7 Å². The van der Waals surface area contributed by atoms with Gasteiger partial charge in [-0.2, -0.15) is 0 Å². The molecule has 2 unspecified atom stereocenters. The average molecular weight is 427 g/mol. The highest BCUT2D eigenvalue weighted by molar-refractivity contribution is 7.14. The van der Waals surface area contributed by atoms with E-state index in [2.05, 4.69) is 5.32 Å². The Kier molecular flexibility index (Phi) is 4.71. The number of ketones is 1. The van der Waals surface area contributed by atoms with Crippen LogP contribution < -0.4 is 5.32 Å². The molecular formula is C24H30N2O3S. The van der Waals surface area contributed by atoms with Crippen molar-refractivity contribution >= 4 is 23.0 Å². The molecule has 6 heteroatoms. The van der Waals surface area contributed by atoms with Crippen molar-refractivity contribution in [1.82, 2.24) is 9.88 Å². The lowest BCUT2D eigenvalue weighted by Crippen LogP contribution is -2.61. The van der Waals surface area contributed by atoms with E-state index >= 15 is 0 Å². The van der Waals surface area contributed by atoms with E-state index in [1.807, 2.05) is 39.1 Å². The normalized spacial score (nSPS) is 31.9. The van der Waals surface area contributed by atoms with E-state index in [1.165, 1.54) is 11.3 Å². The van der Waals surface area contributed by atoms with Gasteiger partial charge in [-0.1, -0.05) is 6.92 Å². The van der Waals surface area contributed by atoms with E-state index in [0.29, 0.717) is 40.4 Å². The highest BCUT2D eigenvalue weighted by atomic mass is 32.1. The minimum absolute atomic E-state index is 0.0267. The minimum atomic E-state index is -0.504. The van der Waals surface area contributed by atoms with Crippen LogP contribution in [0.2, 0.25) is 0 Å². The molecule has 2 aromatic heterocycles. The van der Waals surface area contributed by atoms with Crippen LogP contribution in [0, 0.1) is 24.7 Å². The van der Waals surface area contributed by atoms with Gasteiger partial charge in [0.05, 0.1) is 16.2 Å². The second-order valence-electron chi connectivity index (χ2n) is 9.75. The monoisotopic (exact) mass is 426 g/mol. The third-order valence-corrected chi connectivity index (χ3v) is 8.64. The fraction of sp³-hybridized carbons (Fsp3) is 0.583. The highest BCUT2D eigenvalue weighted by Gasteiger charge is 2.55. The van der Waals surface area contributed by atoms with Crippen molar-refractivity contribution in [3.05, 3.63) is 44.9 Å². The molecule has 5 nitrogen and oxygen atoms in total. The maximum atomic E-state index is 13.4. The van der Waals surface area contributed by atoms with Crippen molar-refractivity contribution in [3.63, 3.8) is 0 Å². The van der Waals surface area contributed by atoms with Gasteiger partial charge in [-0.3, -0.25) is 9.59 Å². The lowest BCUT2D eigenvalue weighted by molar-refractivity contribution is -0.137. The maximum Gasteiger partial charge on any atom is 0.268 e. The number of nitrogens with zero attached hydrogens (tertiary/aromatic N) is 1. The number of rotatable bonds is 5. The number of thiophene rings is 1. The van der Waals surface area contributed by atoms with Crippen molar-refractivity contribution < 1.29 is 14.7 Å². The van der Waals surface area contributed by atoms with E-state index in [4.69, 9.17) is 0 Å². The highest BCUT2D eigenvalue weighted by Crippen LogP contribution is 2.55. The summed E-state index contributed by atoms with van der Waals surface area (Å²) in [6.07, 6.45) is 5.47. The van der Waals surface area contributed by atoms with Crippen molar-refractivity contribution in [1.29, 1.82) is 0 Å². The molecule has 2 aromatic rings. The predicted molar refractivity (Wildman–Crippen MR) is 117 cm³/mol. The zero-order valence-electron chi connectivity index (χ0n) is 17.9. The number of aromatic nitrogens is 1. The minimum Gasteiger partial charge on any atom is -0.390 e. The summed E-state index contributed by atoms with van der Waals surface area (Å²) in [4.78, 5) is 28.2. The topological polar surface area (TPSA) is 71.3 Å². The number of hydrogen-bond acceptors (Lipinski definition) is 4. The summed E-state index contributed by atoms with van der Waals surface area (Å²) in [5, 5.41) is 14.1. The quantitative estimate of drug-likeness (QED) is 0.713. The smallest absolute Gasteiger partial charge is 0.268 e. The number of carbonyl (C=O) groups excluding carboxylic acids is 2. The summed E-state index contributed by atoms with van der Waals surface area (Å²) < 4.78 is 1.77. The summed E-state index contributed by atoms with van der Waals surface area (Å²) in [5.41, 5.74) is 1.57. The Labute approximate surface area is 181 Å². The Bertz CT molecular complexity index is 1000. The van der Waals surface area contributed by atoms with E-state index in [1.54, 1.807) is 4.57 Å². The Morgan fingerprint density at radius 1 is 1.23 bits per heavy atom. The molecule has 0 spiro atoms. The molecule has 4 bridgehead atoms. The van der Waals surface area contributed by atoms with Gasteiger partial charge in [-0.25, -0.2) is 0 Å². The van der Waals surface area contributed by atoms with Gasteiger partial charge in [-0.15, -0.1) is 11.3 Å². The Hall–Kier alpha value is -1.92. The number of carbonyl (C=O) groups is 2. The zero-order valence-corrected chi connectivity index (χ0v) is 18.7. The van der Waals surface area contributed by atoms with Crippen molar-refractivity contribution in [2.75, 3.05) is 0 Å². The molecule has 2 N–H and O–H groups in total. The van der Waals surface area contributed by atoms with Crippen LogP contribution in [0.1, 0.15) is 75.3 Å². The van der Waals surface area contributed by atoms with Crippen LogP contribution in [0.15, 0.2) is 18.2 Å². The molecule has 4 fully saturated rings. The predicted octanol–water partition coefficient (Wildman–Crippen LogP) is 3.86. The summed E-state index contributed by atoms with van der Waals surface area (Å²) >= 11 is 1.49.